The Morgan fingerprint density at radius 3 is 2.82 bits per heavy atom. The fraction of sp³-hybridized carbons (Fsp3) is 0.600. The summed E-state index contributed by atoms with van der Waals surface area (Å²) in [6.07, 6.45) is 6.87. The van der Waals surface area contributed by atoms with Crippen molar-refractivity contribution in [3.8, 4) is 11.5 Å². The molecule has 2 aliphatic heterocycles. The third kappa shape index (κ3) is 1.90. The lowest BCUT2D eigenvalue weighted by Crippen LogP contribution is -2.16. The molecule has 0 bridgehead atoms. The van der Waals surface area contributed by atoms with Gasteiger partial charge < -0.3 is 9.47 Å². The summed E-state index contributed by atoms with van der Waals surface area (Å²) < 4.78 is 11.7. The SMILES string of the molecule is CCCc1c2c(cc3c1OCCC3)OCCC2. The molecule has 2 aliphatic rings. The molecule has 0 aromatic heterocycles. The van der Waals surface area contributed by atoms with Gasteiger partial charge in [-0.2, -0.15) is 0 Å². The summed E-state index contributed by atoms with van der Waals surface area (Å²) in [5, 5.41) is 0. The molecule has 0 saturated carbocycles. The molecule has 17 heavy (non-hydrogen) atoms. The van der Waals surface area contributed by atoms with Crippen LogP contribution in [0.2, 0.25) is 0 Å². The van der Waals surface area contributed by atoms with Gasteiger partial charge in [0.2, 0.25) is 0 Å². The Balaban J connectivity index is 2.12. The van der Waals surface area contributed by atoms with Gasteiger partial charge in [-0.25, -0.2) is 0 Å². The average molecular weight is 232 g/mol. The average Bonchev–Trinajstić information content (AvgIpc) is 2.39. The second kappa shape index (κ2) is 4.59. The highest BCUT2D eigenvalue weighted by Crippen LogP contribution is 2.40. The van der Waals surface area contributed by atoms with Crippen molar-refractivity contribution >= 4 is 0 Å². The van der Waals surface area contributed by atoms with Gasteiger partial charge >= 0.3 is 0 Å². The molecule has 0 saturated heterocycles. The number of benzene rings is 1. The molecule has 2 nitrogen and oxygen atoms in total. The molecule has 1 aromatic rings. The van der Waals surface area contributed by atoms with E-state index in [-0.39, 0.29) is 0 Å². The van der Waals surface area contributed by atoms with E-state index in [9.17, 15) is 0 Å². The van der Waals surface area contributed by atoms with Gasteiger partial charge in [0.1, 0.15) is 11.5 Å². The minimum Gasteiger partial charge on any atom is -0.493 e. The summed E-state index contributed by atoms with van der Waals surface area (Å²) in [6, 6.07) is 2.22. The Labute approximate surface area is 103 Å². The van der Waals surface area contributed by atoms with Gasteiger partial charge in [0.05, 0.1) is 13.2 Å². The minimum absolute atomic E-state index is 0.873. The second-order valence-corrected chi connectivity index (χ2v) is 4.97. The molecular weight excluding hydrogens is 212 g/mol. The quantitative estimate of drug-likeness (QED) is 0.779. The lowest BCUT2D eigenvalue weighted by Gasteiger charge is -2.27. The van der Waals surface area contributed by atoms with E-state index in [4.69, 9.17) is 9.47 Å². The van der Waals surface area contributed by atoms with Crippen molar-refractivity contribution in [2.45, 2.75) is 45.4 Å². The molecule has 0 N–H and O–H groups in total. The van der Waals surface area contributed by atoms with E-state index in [0.29, 0.717) is 0 Å². The lowest BCUT2D eigenvalue weighted by molar-refractivity contribution is 0.269. The monoisotopic (exact) mass is 232 g/mol. The van der Waals surface area contributed by atoms with Crippen LogP contribution in [0, 0.1) is 0 Å². The van der Waals surface area contributed by atoms with Gasteiger partial charge in [0.25, 0.3) is 0 Å². The molecule has 0 spiro atoms. The number of hydrogen-bond acceptors (Lipinski definition) is 2. The summed E-state index contributed by atoms with van der Waals surface area (Å²) in [5.41, 5.74) is 4.21. The lowest BCUT2D eigenvalue weighted by atomic mass is 9.91. The fourth-order valence-electron chi connectivity index (χ4n) is 2.94. The molecule has 0 fully saturated rings. The molecule has 1 aromatic carbocycles. The number of aryl methyl sites for hydroxylation is 1. The first-order valence-electron chi connectivity index (χ1n) is 6.83. The molecule has 3 rings (SSSR count). The van der Waals surface area contributed by atoms with Crippen molar-refractivity contribution in [1.82, 2.24) is 0 Å². The van der Waals surface area contributed by atoms with Crippen LogP contribution in [0.4, 0.5) is 0 Å². The molecule has 0 unspecified atom stereocenters. The van der Waals surface area contributed by atoms with Gasteiger partial charge in [0.15, 0.2) is 0 Å². The predicted molar refractivity (Wildman–Crippen MR) is 68.1 cm³/mol. The molecular formula is C15H20O2. The maximum atomic E-state index is 5.92. The fourth-order valence-corrected chi connectivity index (χ4v) is 2.94. The largest absolute Gasteiger partial charge is 0.493 e. The highest BCUT2D eigenvalue weighted by atomic mass is 16.5. The van der Waals surface area contributed by atoms with Gasteiger partial charge in [-0.15, -0.1) is 0 Å². The number of hydrogen-bond donors (Lipinski definition) is 0. The standard InChI is InChI=1S/C15H20O2/c1-2-5-13-12-7-4-8-16-14(12)10-11-6-3-9-17-15(11)13/h10H,2-9H2,1H3. The number of ether oxygens (including phenoxy) is 2. The zero-order valence-corrected chi connectivity index (χ0v) is 10.6. The van der Waals surface area contributed by atoms with E-state index in [1.165, 1.54) is 28.9 Å². The van der Waals surface area contributed by atoms with Crippen molar-refractivity contribution < 1.29 is 9.47 Å². The first-order valence-corrected chi connectivity index (χ1v) is 6.83. The van der Waals surface area contributed by atoms with E-state index in [1.807, 2.05) is 0 Å². The summed E-state index contributed by atoms with van der Waals surface area (Å²) in [4.78, 5) is 0. The van der Waals surface area contributed by atoms with Crippen LogP contribution in [0.3, 0.4) is 0 Å². The first-order chi connectivity index (χ1) is 8.40. The Kier molecular flexibility index (Phi) is 2.96. The van der Waals surface area contributed by atoms with Crippen LogP contribution in [-0.2, 0) is 19.3 Å². The van der Waals surface area contributed by atoms with Gasteiger partial charge in [-0.3, -0.25) is 0 Å². The molecule has 92 valence electrons. The van der Waals surface area contributed by atoms with Crippen LogP contribution < -0.4 is 9.47 Å². The summed E-state index contributed by atoms with van der Waals surface area (Å²) in [6.45, 7) is 3.99. The van der Waals surface area contributed by atoms with Crippen molar-refractivity contribution in [2.75, 3.05) is 13.2 Å². The third-order valence-electron chi connectivity index (χ3n) is 3.70. The van der Waals surface area contributed by atoms with E-state index >= 15 is 0 Å². The van der Waals surface area contributed by atoms with Crippen LogP contribution in [0.1, 0.15) is 42.9 Å². The zero-order valence-electron chi connectivity index (χ0n) is 10.6. The van der Waals surface area contributed by atoms with E-state index in [0.717, 1.165) is 51.1 Å². The maximum absolute atomic E-state index is 5.92. The van der Waals surface area contributed by atoms with Crippen LogP contribution in [0.25, 0.3) is 0 Å². The van der Waals surface area contributed by atoms with E-state index < -0.39 is 0 Å². The Bertz CT molecular complexity index is 389. The van der Waals surface area contributed by atoms with E-state index in [1.54, 1.807) is 0 Å². The number of rotatable bonds is 2. The topological polar surface area (TPSA) is 18.5 Å². The minimum atomic E-state index is 0.873. The summed E-state index contributed by atoms with van der Waals surface area (Å²) in [7, 11) is 0. The molecule has 0 radical (unpaired) electrons. The van der Waals surface area contributed by atoms with Crippen molar-refractivity contribution in [2.24, 2.45) is 0 Å². The van der Waals surface area contributed by atoms with Crippen LogP contribution in [0.5, 0.6) is 11.5 Å². The molecule has 0 amide bonds. The van der Waals surface area contributed by atoms with Crippen molar-refractivity contribution in [3.63, 3.8) is 0 Å². The van der Waals surface area contributed by atoms with Crippen LogP contribution >= 0.6 is 0 Å². The van der Waals surface area contributed by atoms with Crippen LogP contribution in [-0.4, -0.2) is 13.2 Å². The zero-order chi connectivity index (χ0) is 11.7. The Morgan fingerprint density at radius 1 is 1.12 bits per heavy atom. The van der Waals surface area contributed by atoms with Gasteiger partial charge in [-0.05, 0) is 43.7 Å². The van der Waals surface area contributed by atoms with Crippen LogP contribution in [0.15, 0.2) is 6.07 Å². The van der Waals surface area contributed by atoms with E-state index in [2.05, 4.69) is 13.0 Å². The maximum Gasteiger partial charge on any atom is 0.126 e. The highest BCUT2D eigenvalue weighted by Gasteiger charge is 2.23. The summed E-state index contributed by atoms with van der Waals surface area (Å²) >= 11 is 0. The molecule has 2 heteroatoms. The molecule has 0 atom stereocenters. The smallest absolute Gasteiger partial charge is 0.126 e. The summed E-state index contributed by atoms with van der Waals surface area (Å²) in [5.74, 6) is 2.31. The third-order valence-corrected chi connectivity index (χ3v) is 3.70. The predicted octanol–water partition coefficient (Wildman–Crippen LogP) is 3.29. The second-order valence-electron chi connectivity index (χ2n) is 4.97. The highest BCUT2D eigenvalue weighted by molar-refractivity contribution is 5.55. The van der Waals surface area contributed by atoms with Gasteiger partial charge in [0, 0.05) is 11.1 Å². The molecule has 2 heterocycles. The van der Waals surface area contributed by atoms with Gasteiger partial charge in [-0.1, -0.05) is 13.3 Å². The molecule has 0 aliphatic carbocycles. The Morgan fingerprint density at radius 2 is 1.94 bits per heavy atom. The number of fused-ring (bicyclic) bond motifs is 2. The first kappa shape index (κ1) is 10.9. The van der Waals surface area contributed by atoms with Crippen molar-refractivity contribution in [3.05, 3.63) is 22.8 Å². The normalized spacial score (nSPS) is 17.7. The Hall–Kier alpha value is -1.18. The van der Waals surface area contributed by atoms with Crippen molar-refractivity contribution in [1.29, 1.82) is 0 Å².